The average Bonchev–Trinajstić information content (AvgIpc) is 2.32. The fourth-order valence-electron chi connectivity index (χ4n) is 1.23. The molecule has 1 heterocycles. The van der Waals surface area contributed by atoms with Gasteiger partial charge >= 0.3 is 5.69 Å². The summed E-state index contributed by atoms with van der Waals surface area (Å²) in [6.07, 6.45) is 1.42. The van der Waals surface area contributed by atoms with Gasteiger partial charge in [-0.3, -0.25) is 10.1 Å². The summed E-state index contributed by atoms with van der Waals surface area (Å²) in [4.78, 5) is 14.0. The van der Waals surface area contributed by atoms with Gasteiger partial charge in [0.1, 0.15) is 5.75 Å². The van der Waals surface area contributed by atoms with Gasteiger partial charge in [-0.05, 0) is 18.2 Å². The van der Waals surface area contributed by atoms with E-state index in [4.69, 9.17) is 16.3 Å². The molecule has 17 heavy (non-hydrogen) atoms. The van der Waals surface area contributed by atoms with Crippen LogP contribution in [-0.4, -0.2) is 9.91 Å². The van der Waals surface area contributed by atoms with E-state index in [1.807, 2.05) is 0 Å². The molecule has 0 fully saturated rings. The molecule has 0 aliphatic rings. The number of nitrogens with zero attached hydrogens (tertiary/aromatic N) is 2. The van der Waals surface area contributed by atoms with Crippen molar-refractivity contribution in [2.45, 2.75) is 0 Å². The van der Waals surface area contributed by atoms with E-state index in [-0.39, 0.29) is 11.6 Å². The minimum atomic E-state index is -0.556. The van der Waals surface area contributed by atoms with Crippen LogP contribution in [0, 0.1) is 10.1 Å². The fourth-order valence-corrected chi connectivity index (χ4v) is 1.41. The first-order valence-electron chi connectivity index (χ1n) is 4.70. The van der Waals surface area contributed by atoms with Crippen molar-refractivity contribution in [2.75, 3.05) is 0 Å². The van der Waals surface area contributed by atoms with Crippen molar-refractivity contribution in [2.24, 2.45) is 0 Å². The van der Waals surface area contributed by atoms with Gasteiger partial charge in [0, 0.05) is 12.3 Å². The van der Waals surface area contributed by atoms with Crippen molar-refractivity contribution in [1.29, 1.82) is 0 Å². The summed E-state index contributed by atoms with van der Waals surface area (Å²) >= 11 is 5.88. The molecule has 1 aromatic carbocycles. The lowest BCUT2D eigenvalue weighted by atomic mass is 10.3. The summed E-state index contributed by atoms with van der Waals surface area (Å²) in [5, 5.41) is 11.1. The Hall–Kier alpha value is -2.14. The third kappa shape index (κ3) is 2.51. The van der Waals surface area contributed by atoms with Crippen molar-refractivity contribution in [3.8, 4) is 11.6 Å². The van der Waals surface area contributed by atoms with Gasteiger partial charge in [0.25, 0.3) is 5.88 Å². The molecule has 0 saturated carbocycles. The average molecular weight is 251 g/mol. The first-order chi connectivity index (χ1) is 8.18. The highest BCUT2D eigenvalue weighted by Crippen LogP contribution is 2.32. The Bertz CT molecular complexity index is 560. The molecule has 0 aliphatic carbocycles. The normalized spacial score (nSPS) is 9.94. The van der Waals surface area contributed by atoms with Crippen molar-refractivity contribution in [1.82, 2.24) is 4.98 Å². The smallest absolute Gasteiger partial charge is 0.331 e. The van der Waals surface area contributed by atoms with Gasteiger partial charge < -0.3 is 4.74 Å². The maximum absolute atomic E-state index is 10.7. The molecule has 5 nitrogen and oxygen atoms in total. The molecule has 1 aromatic heterocycles. The van der Waals surface area contributed by atoms with Crippen LogP contribution in [0.1, 0.15) is 0 Å². The lowest BCUT2D eigenvalue weighted by molar-refractivity contribution is -0.386. The first kappa shape index (κ1) is 11.3. The Labute approximate surface area is 102 Å². The minimum Gasteiger partial charge on any atom is -0.432 e. The SMILES string of the molecule is O=[N+]([O-])c1cccnc1Oc1ccccc1Cl. The largest absolute Gasteiger partial charge is 0.432 e. The highest BCUT2D eigenvalue weighted by Gasteiger charge is 2.17. The van der Waals surface area contributed by atoms with Gasteiger partial charge in [-0.2, -0.15) is 0 Å². The summed E-state index contributed by atoms with van der Waals surface area (Å²) < 4.78 is 5.32. The molecular formula is C11H7ClN2O3. The van der Waals surface area contributed by atoms with Crippen LogP contribution in [0.15, 0.2) is 42.6 Å². The van der Waals surface area contributed by atoms with Gasteiger partial charge in [0.05, 0.1) is 9.95 Å². The number of para-hydroxylation sites is 1. The summed E-state index contributed by atoms with van der Waals surface area (Å²) in [5.41, 5.74) is -0.201. The van der Waals surface area contributed by atoms with Gasteiger partial charge in [0.15, 0.2) is 0 Å². The predicted molar refractivity (Wildman–Crippen MR) is 62.4 cm³/mol. The number of nitro groups is 1. The molecule has 2 aromatic rings. The second-order valence-corrected chi connectivity index (χ2v) is 3.52. The van der Waals surface area contributed by atoms with E-state index >= 15 is 0 Å². The zero-order valence-electron chi connectivity index (χ0n) is 8.54. The minimum absolute atomic E-state index is 0.0781. The maximum Gasteiger partial charge on any atom is 0.331 e. The summed E-state index contributed by atoms with van der Waals surface area (Å²) in [7, 11) is 0. The van der Waals surface area contributed by atoms with Crippen LogP contribution in [0.3, 0.4) is 0 Å². The molecule has 0 amide bonds. The summed E-state index contributed by atoms with van der Waals surface area (Å²) in [6, 6.07) is 9.49. The number of aromatic nitrogens is 1. The Morgan fingerprint density at radius 2 is 2.00 bits per heavy atom. The third-order valence-corrected chi connectivity index (χ3v) is 2.30. The van der Waals surface area contributed by atoms with Gasteiger partial charge in [-0.1, -0.05) is 23.7 Å². The van der Waals surface area contributed by atoms with Crippen LogP contribution in [-0.2, 0) is 0 Å². The molecule has 6 heteroatoms. The Morgan fingerprint density at radius 1 is 1.24 bits per heavy atom. The second kappa shape index (κ2) is 4.80. The second-order valence-electron chi connectivity index (χ2n) is 3.12. The lowest BCUT2D eigenvalue weighted by Gasteiger charge is -2.05. The number of pyridine rings is 1. The number of hydrogen-bond donors (Lipinski definition) is 0. The first-order valence-corrected chi connectivity index (χ1v) is 5.08. The third-order valence-electron chi connectivity index (χ3n) is 1.99. The van der Waals surface area contributed by atoms with Crippen LogP contribution in [0.4, 0.5) is 5.69 Å². The predicted octanol–water partition coefficient (Wildman–Crippen LogP) is 3.44. The highest BCUT2D eigenvalue weighted by atomic mass is 35.5. The maximum atomic E-state index is 10.7. The Morgan fingerprint density at radius 3 is 2.71 bits per heavy atom. The van der Waals surface area contributed by atoms with Crippen LogP contribution in [0.5, 0.6) is 11.6 Å². The molecule has 0 radical (unpaired) electrons. The molecule has 0 N–H and O–H groups in total. The van der Waals surface area contributed by atoms with Crippen LogP contribution in [0.2, 0.25) is 5.02 Å². The molecule has 0 bridgehead atoms. The van der Waals surface area contributed by atoms with E-state index in [9.17, 15) is 10.1 Å². The highest BCUT2D eigenvalue weighted by molar-refractivity contribution is 6.32. The molecule has 2 rings (SSSR count). The molecule has 86 valence electrons. The number of halogens is 1. The van der Waals surface area contributed by atoms with E-state index in [0.717, 1.165) is 0 Å². The molecule has 0 atom stereocenters. The van der Waals surface area contributed by atoms with E-state index in [2.05, 4.69) is 4.98 Å². The van der Waals surface area contributed by atoms with Crippen LogP contribution < -0.4 is 4.74 Å². The molecule has 0 spiro atoms. The van der Waals surface area contributed by atoms with E-state index in [1.54, 1.807) is 24.3 Å². The zero-order chi connectivity index (χ0) is 12.3. The van der Waals surface area contributed by atoms with Crippen LogP contribution in [0.25, 0.3) is 0 Å². The standard InChI is InChI=1S/C11H7ClN2O3/c12-8-4-1-2-6-10(8)17-11-9(14(15)16)5-3-7-13-11/h1-7H. The number of benzene rings is 1. The van der Waals surface area contributed by atoms with Crippen molar-refractivity contribution in [3.05, 3.63) is 57.7 Å². The van der Waals surface area contributed by atoms with Gasteiger partial charge in [-0.15, -0.1) is 0 Å². The number of rotatable bonds is 3. The lowest BCUT2D eigenvalue weighted by Crippen LogP contribution is -1.95. The van der Waals surface area contributed by atoms with Crippen molar-refractivity contribution >= 4 is 17.3 Å². The molecule has 0 saturated heterocycles. The van der Waals surface area contributed by atoms with Crippen molar-refractivity contribution in [3.63, 3.8) is 0 Å². The monoisotopic (exact) mass is 250 g/mol. The summed E-state index contributed by atoms with van der Waals surface area (Å²) in [6.45, 7) is 0. The van der Waals surface area contributed by atoms with E-state index in [1.165, 1.54) is 18.3 Å². The zero-order valence-corrected chi connectivity index (χ0v) is 9.29. The van der Waals surface area contributed by atoms with E-state index in [0.29, 0.717) is 10.8 Å². The van der Waals surface area contributed by atoms with E-state index < -0.39 is 4.92 Å². The topological polar surface area (TPSA) is 65.3 Å². The number of hydrogen-bond acceptors (Lipinski definition) is 4. The summed E-state index contributed by atoms with van der Waals surface area (Å²) in [5.74, 6) is 0.251. The van der Waals surface area contributed by atoms with Gasteiger partial charge in [-0.25, -0.2) is 4.98 Å². The Kier molecular flexibility index (Phi) is 3.20. The molecule has 0 aliphatic heterocycles. The Balaban J connectivity index is 2.37. The number of ether oxygens (including phenoxy) is 1. The van der Waals surface area contributed by atoms with Crippen LogP contribution >= 0.6 is 11.6 Å². The molecular weight excluding hydrogens is 244 g/mol. The van der Waals surface area contributed by atoms with Crippen molar-refractivity contribution < 1.29 is 9.66 Å². The fraction of sp³-hybridized carbons (Fsp3) is 0. The quantitative estimate of drug-likeness (QED) is 0.618. The van der Waals surface area contributed by atoms with Gasteiger partial charge in [0.2, 0.25) is 0 Å². The molecule has 0 unspecified atom stereocenters.